The van der Waals surface area contributed by atoms with Gasteiger partial charge in [0.25, 0.3) is 5.56 Å². The molecule has 0 spiro atoms. The van der Waals surface area contributed by atoms with E-state index in [1.807, 2.05) is 36.4 Å². The number of aromatic amines is 1. The smallest absolute Gasteiger partial charge is 0.251 e. The number of benzene rings is 2. The molecule has 1 aromatic heterocycles. The Morgan fingerprint density at radius 2 is 1.95 bits per heavy atom. The van der Waals surface area contributed by atoms with E-state index in [1.54, 1.807) is 7.11 Å². The SMILES string of the molecule is COc1ccc2ccccc2c1-c1nccc(=O)[nH]1. The van der Waals surface area contributed by atoms with E-state index in [2.05, 4.69) is 9.97 Å². The molecule has 0 saturated heterocycles. The van der Waals surface area contributed by atoms with E-state index in [0.29, 0.717) is 11.6 Å². The predicted octanol–water partition coefficient (Wildman–Crippen LogP) is 2.60. The summed E-state index contributed by atoms with van der Waals surface area (Å²) in [6.07, 6.45) is 1.50. The zero-order chi connectivity index (χ0) is 13.2. The van der Waals surface area contributed by atoms with Gasteiger partial charge in [-0.05, 0) is 16.8 Å². The highest BCUT2D eigenvalue weighted by atomic mass is 16.5. The summed E-state index contributed by atoms with van der Waals surface area (Å²) in [5.41, 5.74) is 0.623. The Labute approximate surface area is 109 Å². The first-order valence-electron chi connectivity index (χ1n) is 5.91. The van der Waals surface area contributed by atoms with Crippen LogP contribution in [0.5, 0.6) is 5.75 Å². The maximum Gasteiger partial charge on any atom is 0.251 e. The van der Waals surface area contributed by atoms with Crippen molar-refractivity contribution in [1.82, 2.24) is 9.97 Å². The highest BCUT2D eigenvalue weighted by Gasteiger charge is 2.12. The molecule has 0 bridgehead atoms. The van der Waals surface area contributed by atoms with E-state index in [9.17, 15) is 4.79 Å². The number of fused-ring (bicyclic) bond motifs is 1. The zero-order valence-electron chi connectivity index (χ0n) is 10.4. The summed E-state index contributed by atoms with van der Waals surface area (Å²) in [7, 11) is 1.61. The van der Waals surface area contributed by atoms with Crippen molar-refractivity contribution in [1.29, 1.82) is 0 Å². The summed E-state index contributed by atoms with van der Waals surface area (Å²) in [4.78, 5) is 18.4. The van der Waals surface area contributed by atoms with Gasteiger partial charge in [0, 0.05) is 12.3 Å². The van der Waals surface area contributed by atoms with Gasteiger partial charge in [0.2, 0.25) is 0 Å². The Kier molecular flexibility index (Phi) is 2.76. The van der Waals surface area contributed by atoms with Gasteiger partial charge in [0.1, 0.15) is 11.6 Å². The van der Waals surface area contributed by atoms with E-state index in [1.165, 1.54) is 12.3 Å². The van der Waals surface area contributed by atoms with E-state index >= 15 is 0 Å². The minimum Gasteiger partial charge on any atom is -0.496 e. The average molecular weight is 252 g/mol. The standard InChI is InChI=1S/C15H12N2O2/c1-19-12-7-6-10-4-2-3-5-11(10)14(12)15-16-9-8-13(18)17-15/h2-9H,1H3,(H,16,17,18). The molecule has 4 heteroatoms. The number of hydrogen-bond donors (Lipinski definition) is 1. The lowest BCUT2D eigenvalue weighted by molar-refractivity contribution is 0.416. The van der Waals surface area contributed by atoms with Crippen LogP contribution in [0.4, 0.5) is 0 Å². The molecule has 0 saturated carbocycles. The van der Waals surface area contributed by atoms with Crippen molar-refractivity contribution >= 4 is 10.8 Å². The van der Waals surface area contributed by atoms with Crippen molar-refractivity contribution in [3.8, 4) is 17.1 Å². The molecule has 1 N–H and O–H groups in total. The number of rotatable bonds is 2. The Morgan fingerprint density at radius 1 is 1.11 bits per heavy atom. The fourth-order valence-corrected chi connectivity index (χ4v) is 2.16. The molecule has 19 heavy (non-hydrogen) atoms. The van der Waals surface area contributed by atoms with Gasteiger partial charge in [-0.3, -0.25) is 4.79 Å². The van der Waals surface area contributed by atoms with Crippen LogP contribution in [0.3, 0.4) is 0 Å². The first-order valence-corrected chi connectivity index (χ1v) is 5.91. The number of H-pyrrole nitrogens is 1. The molecule has 3 aromatic rings. The second kappa shape index (κ2) is 4.57. The lowest BCUT2D eigenvalue weighted by Gasteiger charge is -2.11. The highest BCUT2D eigenvalue weighted by molar-refractivity contribution is 5.98. The average Bonchev–Trinajstić information content (AvgIpc) is 2.46. The number of nitrogens with one attached hydrogen (secondary N) is 1. The van der Waals surface area contributed by atoms with Crippen LogP contribution >= 0.6 is 0 Å². The van der Waals surface area contributed by atoms with Gasteiger partial charge in [-0.15, -0.1) is 0 Å². The van der Waals surface area contributed by atoms with E-state index in [-0.39, 0.29) is 5.56 Å². The van der Waals surface area contributed by atoms with Gasteiger partial charge in [0.05, 0.1) is 12.7 Å². The summed E-state index contributed by atoms with van der Waals surface area (Å²) >= 11 is 0. The van der Waals surface area contributed by atoms with Crippen molar-refractivity contribution in [3.05, 3.63) is 59.0 Å². The zero-order valence-corrected chi connectivity index (χ0v) is 10.4. The molecule has 0 amide bonds. The fraction of sp³-hybridized carbons (Fsp3) is 0.0667. The van der Waals surface area contributed by atoms with Gasteiger partial charge in [-0.25, -0.2) is 4.98 Å². The minimum absolute atomic E-state index is 0.181. The molecule has 4 nitrogen and oxygen atoms in total. The van der Waals surface area contributed by atoms with Crippen LogP contribution in [0.15, 0.2) is 53.5 Å². The fourth-order valence-electron chi connectivity index (χ4n) is 2.16. The third-order valence-corrected chi connectivity index (χ3v) is 3.02. The summed E-state index contributed by atoms with van der Waals surface area (Å²) in [5.74, 6) is 1.20. The minimum atomic E-state index is -0.181. The molecule has 0 aliphatic heterocycles. The monoisotopic (exact) mass is 252 g/mol. The number of methoxy groups -OCH3 is 1. The Bertz CT molecular complexity index is 793. The first kappa shape index (κ1) is 11.5. The predicted molar refractivity (Wildman–Crippen MR) is 74.4 cm³/mol. The van der Waals surface area contributed by atoms with Crippen molar-refractivity contribution in [2.24, 2.45) is 0 Å². The van der Waals surface area contributed by atoms with Crippen molar-refractivity contribution < 1.29 is 4.74 Å². The highest BCUT2D eigenvalue weighted by Crippen LogP contribution is 2.34. The van der Waals surface area contributed by atoms with Crippen LogP contribution in [0, 0.1) is 0 Å². The number of aromatic nitrogens is 2. The van der Waals surface area contributed by atoms with Gasteiger partial charge in [-0.1, -0.05) is 30.3 Å². The number of hydrogen-bond acceptors (Lipinski definition) is 3. The molecule has 0 atom stereocenters. The third-order valence-electron chi connectivity index (χ3n) is 3.02. The molecule has 0 fully saturated rings. The van der Waals surface area contributed by atoms with Crippen LogP contribution in [0.2, 0.25) is 0 Å². The van der Waals surface area contributed by atoms with Gasteiger partial charge >= 0.3 is 0 Å². The largest absolute Gasteiger partial charge is 0.496 e. The lowest BCUT2D eigenvalue weighted by Crippen LogP contribution is -2.06. The molecule has 94 valence electrons. The van der Waals surface area contributed by atoms with Crippen molar-refractivity contribution in [3.63, 3.8) is 0 Å². The van der Waals surface area contributed by atoms with E-state index in [0.717, 1.165) is 16.3 Å². The number of nitrogens with zero attached hydrogens (tertiary/aromatic N) is 1. The first-order chi connectivity index (χ1) is 9.29. The van der Waals surface area contributed by atoms with Crippen LogP contribution in [-0.2, 0) is 0 Å². The Balaban J connectivity index is 2.40. The van der Waals surface area contributed by atoms with Gasteiger partial charge in [0.15, 0.2) is 0 Å². The normalized spacial score (nSPS) is 10.6. The Hall–Kier alpha value is -2.62. The third kappa shape index (κ3) is 1.97. The second-order valence-corrected chi connectivity index (χ2v) is 4.15. The molecule has 0 radical (unpaired) electrons. The number of ether oxygens (including phenoxy) is 1. The van der Waals surface area contributed by atoms with Crippen LogP contribution in [0.25, 0.3) is 22.2 Å². The van der Waals surface area contributed by atoms with Crippen molar-refractivity contribution in [2.45, 2.75) is 0 Å². The maximum absolute atomic E-state index is 11.5. The molecular weight excluding hydrogens is 240 g/mol. The van der Waals surface area contributed by atoms with Gasteiger partial charge in [-0.2, -0.15) is 0 Å². The summed E-state index contributed by atoms with van der Waals surface area (Å²) in [6.45, 7) is 0. The second-order valence-electron chi connectivity index (χ2n) is 4.15. The maximum atomic E-state index is 11.5. The topological polar surface area (TPSA) is 55.0 Å². The van der Waals surface area contributed by atoms with Crippen LogP contribution in [-0.4, -0.2) is 17.1 Å². The molecule has 3 rings (SSSR count). The van der Waals surface area contributed by atoms with Gasteiger partial charge < -0.3 is 9.72 Å². The van der Waals surface area contributed by atoms with Crippen LogP contribution in [0.1, 0.15) is 0 Å². The quantitative estimate of drug-likeness (QED) is 0.762. The Morgan fingerprint density at radius 3 is 2.74 bits per heavy atom. The summed E-state index contributed by atoms with van der Waals surface area (Å²) in [6, 6.07) is 13.2. The summed E-state index contributed by atoms with van der Waals surface area (Å²) in [5, 5.41) is 2.07. The van der Waals surface area contributed by atoms with E-state index < -0.39 is 0 Å². The molecular formula is C15H12N2O2. The lowest BCUT2D eigenvalue weighted by atomic mass is 10.0. The molecule has 0 aliphatic carbocycles. The summed E-state index contributed by atoms with van der Waals surface area (Å²) < 4.78 is 5.39. The van der Waals surface area contributed by atoms with Crippen LogP contribution < -0.4 is 10.3 Å². The molecule has 0 unspecified atom stereocenters. The van der Waals surface area contributed by atoms with E-state index in [4.69, 9.17) is 4.74 Å². The molecule has 1 heterocycles. The molecule has 2 aromatic carbocycles. The molecule has 0 aliphatic rings. The van der Waals surface area contributed by atoms with Crippen molar-refractivity contribution in [2.75, 3.05) is 7.11 Å².